The number of nitrogens with zero attached hydrogens (tertiary/aromatic N) is 2. The van der Waals surface area contributed by atoms with E-state index in [-0.39, 0.29) is 29.1 Å². The molecule has 3 aromatic carbocycles. The number of benzene rings is 3. The highest BCUT2D eigenvalue weighted by atomic mass is 79.9. The molecular formula is C31H35BrClN3O5S. The first-order chi connectivity index (χ1) is 20.1. The van der Waals surface area contributed by atoms with E-state index >= 15 is 0 Å². The second-order valence-corrected chi connectivity index (χ2v) is 13.6. The quantitative estimate of drug-likeness (QED) is 0.262. The maximum Gasteiger partial charge on any atom is 0.264 e. The number of carbonyl (C=O) groups is 2. The minimum Gasteiger partial charge on any atom is -0.497 e. The molecule has 0 aromatic heterocycles. The van der Waals surface area contributed by atoms with E-state index in [4.69, 9.17) is 16.3 Å². The fraction of sp³-hybridized carbons (Fsp3) is 0.355. The highest BCUT2D eigenvalue weighted by Crippen LogP contribution is 2.28. The van der Waals surface area contributed by atoms with Gasteiger partial charge < -0.3 is 15.0 Å². The molecule has 0 saturated heterocycles. The first kappa shape index (κ1) is 31.8. The molecule has 1 aliphatic rings. The molecule has 11 heteroatoms. The predicted octanol–water partition coefficient (Wildman–Crippen LogP) is 6.17. The molecule has 1 atom stereocenters. The van der Waals surface area contributed by atoms with Gasteiger partial charge in [0.25, 0.3) is 10.0 Å². The summed E-state index contributed by atoms with van der Waals surface area (Å²) in [5.74, 6) is -0.298. The summed E-state index contributed by atoms with van der Waals surface area (Å²) in [5, 5.41) is 3.43. The monoisotopic (exact) mass is 675 g/mol. The Morgan fingerprint density at radius 1 is 1.02 bits per heavy atom. The van der Waals surface area contributed by atoms with Gasteiger partial charge in [0.2, 0.25) is 11.8 Å². The minimum absolute atomic E-state index is 0.0160. The van der Waals surface area contributed by atoms with Crippen molar-refractivity contribution in [2.24, 2.45) is 0 Å². The Bertz CT molecular complexity index is 1500. The van der Waals surface area contributed by atoms with Gasteiger partial charge in [-0.2, -0.15) is 0 Å². The van der Waals surface area contributed by atoms with Gasteiger partial charge in [0.1, 0.15) is 18.3 Å². The lowest BCUT2D eigenvalue weighted by Gasteiger charge is -2.33. The van der Waals surface area contributed by atoms with E-state index in [1.807, 2.05) is 24.3 Å². The molecule has 2 amide bonds. The number of halogens is 2. The standard InChI is InChI=1S/C31H35BrClN3O5S/c1-22(31(38)34-26-11-4-3-5-12-26)35(20-23-8-6-9-24(32)18-23)30(37)21-36(27-13-7-10-25(33)19-27)42(39,40)29-16-14-28(41-2)15-17-29/h6-10,13-19,22,26H,3-5,11-12,20-21H2,1-2H3,(H,34,38)/t22-/m0/s1. The second kappa shape index (κ2) is 14.4. The molecule has 42 heavy (non-hydrogen) atoms. The highest BCUT2D eigenvalue weighted by Gasteiger charge is 2.33. The molecule has 1 aliphatic carbocycles. The smallest absolute Gasteiger partial charge is 0.264 e. The van der Waals surface area contributed by atoms with Crippen molar-refractivity contribution >= 4 is 55.1 Å². The van der Waals surface area contributed by atoms with E-state index in [1.165, 1.54) is 30.2 Å². The minimum atomic E-state index is -4.21. The van der Waals surface area contributed by atoms with Crippen LogP contribution in [0.4, 0.5) is 5.69 Å². The summed E-state index contributed by atoms with van der Waals surface area (Å²) >= 11 is 9.71. The van der Waals surface area contributed by atoms with Gasteiger partial charge >= 0.3 is 0 Å². The first-order valence-electron chi connectivity index (χ1n) is 13.8. The van der Waals surface area contributed by atoms with Crippen LogP contribution in [0.15, 0.2) is 82.2 Å². The van der Waals surface area contributed by atoms with Gasteiger partial charge in [0, 0.05) is 22.1 Å². The third-order valence-electron chi connectivity index (χ3n) is 7.38. The molecule has 0 unspecified atom stereocenters. The maximum absolute atomic E-state index is 14.1. The van der Waals surface area contributed by atoms with E-state index in [0.717, 1.165) is 46.4 Å². The number of sulfonamides is 1. The Balaban J connectivity index is 1.68. The molecular weight excluding hydrogens is 642 g/mol. The van der Waals surface area contributed by atoms with Crippen LogP contribution in [0.25, 0.3) is 0 Å². The fourth-order valence-corrected chi connectivity index (χ4v) is 7.06. The lowest BCUT2D eigenvalue weighted by molar-refractivity contribution is -0.139. The summed E-state index contributed by atoms with van der Waals surface area (Å²) in [6.45, 7) is 1.25. The Labute approximate surface area is 261 Å². The van der Waals surface area contributed by atoms with Crippen molar-refractivity contribution in [3.8, 4) is 5.75 Å². The van der Waals surface area contributed by atoms with Gasteiger partial charge in [-0.3, -0.25) is 13.9 Å². The van der Waals surface area contributed by atoms with E-state index in [1.54, 1.807) is 37.3 Å². The summed E-state index contributed by atoms with van der Waals surface area (Å²) in [6.07, 6.45) is 5.06. The number of methoxy groups -OCH3 is 1. The largest absolute Gasteiger partial charge is 0.497 e. The van der Waals surface area contributed by atoms with Crippen LogP contribution in [-0.4, -0.2) is 50.9 Å². The second-order valence-electron chi connectivity index (χ2n) is 10.3. The van der Waals surface area contributed by atoms with Gasteiger partial charge in [-0.05, 0) is 79.9 Å². The van der Waals surface area contributed by atoms with Gasteiger partial charge in [-0.15, -0.1) is 0 Å². The first-order valence-corrected chi connectivity index (χ1v) is 16.5. The van der Waals surface area contributed by atoms with E-state index in [0.29, 0.717) is 10.8 Å². The Morgan fingerprint density at radius 2 is 1.71 bits per heavy atom. The molecule has 3 aromatic rings. The Hall–Kier alpha value is -3.08. The molecule has 8 nitrogen and oxygen atoms in total. The number of amides is 2. The molecule has 0 heterocycles. The third kappa shape index (κ3) is 8.05. The van der Waals surface area contributed by atoms with Crippen LogP contribution in [0.5, 0.6) is 5.75 Å². The molecule has 1 N–H and O–H groups in total. The SMILES string of the molecule is COc1ccc(S(=O)(=O)N(CC(=O)N(Cc2cccc(Br)c2)[C@@H](C)C(=O)NC2CCCCC2)c2cccc(Cl)c2)cc1. The molecule has 1 fully saturated rings. The number of ether oxygens (including phenoxy) is 1. The van der Waals surface area contributed by atoms with Crippen LogP contribution < -0.4 is 14.4 Å². The highest BCUT2D eigenvalue weighted by molar-refractivity contribution is 9.10. The Morgan fingerprint density at radius 3 is 2.36 bits per heavy atom. The van der Waals surface area contributed by atoms with Crippen LogP contribution in [0, 0.1) is 0 Å². The molecule has 0 radical (unpaired) electrons. The summed E-state index contributed by atoms with van der Waals surface area (Å²) in [6, 6.07) is 18.9. The van der Waals surface area contributed by atoms with Gasteiger partial charge in [0.15, 0.2) is 0 Å². The zero-order valence-corrected chi connectivity index (χ0v) is 26.8. The number of hydrogen-bond donors (Lipinski definition) is 1. The molecule has 224 valence electrons. The summed E-state index contributed by atoms with van der Waals surface area (Å²) < 4.78 is 35.0. The molecule has 4 rings (SSSR count). The van der Waals surface area contributed by atoms with Crippen LogP contribution in [0.1, 0.15) is 44.6 Å². The van der Waals surface area contributed by atoms with Crippen LogP contribution >= 0.6 is 27.5 Å². The van der Waals surface area contributed by atoms with Crippen molar-refractivity contribution in [2.75, 3.05) is 18.0 Å². The van der Waals surface area contributed by atoms with Crippen LogP contribution in [0.3, 0.4) is 0 Å². The van der Waals surface area contributed by atoms with Crippen LogP contribution in [0.2, 0.25) is 5.02 Å². The third-order valence-corrected chi connectivity index (χ3v) is 9.90. The lowest BCUT2D eigenvalue weighted by atomic mass is 9.95. The summed E-state index contributed by atoms with van der Waals surface area (Å²) in [5.41, 5.74) is 1.02. The maximum atomic E-state index is 14.1. The zero-order chi connectivity index (χ0) is 30.3. The molecule has 0 spiro atoms. The van der Waals surface area contributed by atoms with Crippen molar-refractivity contribution in [1.82, 2.24) is 10.2 Å². The lowest BCUT2D eigenvalue weighted by Crippen LogP contribution is -2.53. The molecule has 1 saturated carbocycles. The normalized spacial score (nSPS) is 14.6. The number of anilines is 1. The van der Waals surface area contributed by atoms with Crippen molar-refractivity contribution in [3.05, 3.63) is 87.9 Å². The van der Waals surface area contributed by atoms with E-state index in [9.17, 15) is 18.0 Å². The predicted molar refractivity (Wildman–Crippen MR) is 168 cm³/mol. The average molecular weight is 677 g/mol. The van der Waals surface area contributed by atoms with Crippen molar-refractivity contribution in [2.45, 2.75) is 62.6 Å². The van der Waals surface area contributed by atoms with Crippen molar-refractivity contribution < 1.29 is 22.7 Å². The fourth-order valence-electron chi connectivity index (χ4n) is 5.02. The number of rotatable bonds is 11. The Kier molecular flexibility index (Phi) is 10.9. The van der Waals surface area contributed by atoms with Crippen LogP contribution in [-0.2, 0) is 26.2 Å². The van der Waals surface area contributed by atoms with E-state index in [2.05, 4.69) is 21.2 Å². The van der Waals surface area contributed by atoms with E-state index < -0.39 is 28.5 Å². The number of carbonyl (C=O) groups excluding carboxylic acids is 2. The van der Waals surface area contributed by atoms with Crippen molar-refractivity contribution in [3.63, 3.8) is 0 Å². The molecule has 0 bridgehead atoms. The summed E-state index contributed by atoms with van der Waals surface area (Å²) in [7, 11) is -2.72. The van der Waals surface area contributed by atoms with Gasteiger partial charge in [-0.25, -0.2) is 8.42 Å². The number of nitrogens with one attached hydrogen (secondary N) is 1. The van der Waals surface area contributed by atoms with Gasteiger partial charge in [0.05, 0.1) is 17.7 Å². The summed E-state index contributed by atoms with van der Waals surface area (Å²) in [4.78, 5) is 28.9. The molecule has 0 aliphatic heterocycles. The average Bonchev–Trinajstić information content (AvgIpc) is 2.98. The van der Waals surface area contributed by atoms with Crippen molar-refractivity contribution in [1.29, 1.82) is 0 Å². The van der Waals surface area contributed by atoms with Gasteiger partial charge in [-0.1, -0.05) is 65.0 Å². The zero-order valence-electron chi connectivity index (χ0n) is 23.6. The number of hydrogen-bond acceptors (Lipinski definition) is 5. The topological polar surface area (TPSA) is 96.0 Å².